The van der Waals surface area contributed by atoms with Gasteiger partial charge in [0.25, 0.3) is 0 Å². The van der Waals surface area contributed by atoms with E-state index < -0.39 is 0 Å². The van der Waals surface area contributed by atoms with E-state index in [-0.39, 0.29) is 23.6 Å². The number of thiazole rings is 1. The third-order valence-corrected chi connectivity index (χ3v) is 5.46. The van der Waals surface area contributed by atoms with E-state index in [2.05, 4.69) is 4.98 Å². The molecule has 2 atom stereocenters. The van der Waals surface area contributed by atoms with E-state index in [1.807, 2.05) is 13.8 Å². The molecule has 0 N–H and O–H groups in total. The molecule has 1 aromatic rings. The van der Waals surface area contributed by atoms with Gasteiger partial charge < -0.3 is 9.47 Å². The molecule has 1 heterocycles. The van der Waals surface area contributed by atoms with Crippen molar-refractivity contribution < 1.29 is 14.3 Å². The fraction of sp³-hybridized carbons (Fsp3) is 0.733. The smallest absolute Gasteiger partial charge is 0.358 e. The minimum absolute atomic E-state index is 0.0102. The monoisotopic (exact) mass is 295 g/mol. The summed E-state index contributed by atoms with van der Waals surface area (Å²) in [6.45, 7) is 4.66. The number of hydrogen-bond donors (Lipinski definition) is 0. The van der Waals surface area contributed by atoms with E-state index in [0.717, 1.165) is 30.9 Å². The zero-order valence-corrected chi connectivity index (χ0v) is 12.9. The molecule has 0 aliphatic heterocycles. The SMILES string of the molecule is CCO[C@H]1C[C@H](OC(=O)c2csc(C)n2)C12CCCC2. The van der Waals surface area contributed by atoms with Crippen molar-refractivity contribution >= 4 is 17.3 Å². The predicted molar refractivity (Wildman–Crippen MR) is 77.0 cm³/mol. The number of carbonyl (C=O) groups excluding carboxylic acids is 1. The van der Waals surface area contributed by atoms with E-state index in [4.69, 9.17) is 9.47 Å². The summed E-state index contributed by atoms with van der Waals surface area (Å²) in [6, 6.07) is 0. The van der Waals surface area contributed by atoms with Gasteiger partial charge in [-0.1, -0.05) is 12.8 Å². The zero-order valence-electron chi connectivity index (χ0n) is 12.1. The molecular weight excluding hydrogens is 274 g/mol. The average molecular weight is 295 g/mol. The number of rotatable bonds is 4. The molecule has 5 heteroatoms. The van der Waals surface area contributed by atoms with Gasteiger partial charge in [0.2, 0.25) is 0 Å². The minimum atomic E-state index is -0.277. The quantitative estimate of drug-likeness (QED) is 0.799. The van der Waals surface area contributed by atoms with Crippen LogP contribution in [0.25, 0.3) is 0 Å². The highest BCUT2D eigenvalue weighted by atomic mass is 32.1. The Morgan fingerprint density at radius 1 is 1.45 bits per heavy atom. The maximum absolute atomic E-state index is 12.1. The van der Waals surface area contributed by atoms with Crippen LogP contribution >= 0.6 is 11.3 Å². The molecule has 2 saturated carbocycles. The molecule has 1 spiro atoms. The lowest BCUT2D eigenvalue weighted by molar-refractivity contribution is -0.188. The summed E-state index contributed by atoms with van der Waals surface area (Å²) in [7, 11) is 0. The van der Waals surface area contributed by atoms with Crippen molar-refractivity contribution in [3.05, 3.63) is 16.1 Å². The van der Waals surface area contributed by atoms with E-state index in [0.29, 0.717) is 5.69 Å². The average Bonchev–Trinajstić information content (AvgIpc) is 3.07. The van der Waals surface area contributed by atoms with Gasteiger partial charge in [-0.3, -0.25) is 0 Å². The summed E-state index contributed by atoms with van der Waals surface area (Å²) in [6.07, 6.45) is 5.78. The molecule has 0 radical (unpaired) electrons. The van der Waals surface area contributed by atoms with Crippen LogP contribution in [-0.2, 0) is 9.47 Å². The summed E-state index contributed by atoms with van der Waals surface area (Å²) in [5.41, 5.74) is 0.525. The van der Waals surface area contributed by atoms with Crippen molar-refractivity contribution in [1.82, 2.24) is 4.98 Å². The number of carbonyl (C=O) groups is 1. The largest absolute Gasteiger partial charge is 0.457 e. The number of aromatic nitrogens is 1. The second-order valence-electron chi connectivity index (χ2n) is 5.77. The Morgan fingerprint density at radius 2 is 2.20 bits per heavy atom. The number of aryl methyl sites for hydroxylation is 1. The predicted octanol–water partition coefficient (Wildman–Crippen LogP) is 3.35. The summed E-state index contributed by atoms with van der Waals surface area (Å²) in [4.78, 5) is 16.4. The van der Waals surface area contributed by atoms with Crippen LogP contribution in [0.4, 0.5) is 0 Å². The molecule has 2 fully saturated rings. The molecule has 0 bridgehead atoms. The van der Waals surface area contributed by atoms with Crippen LogP contribution in [0.5, 0.6) is 0 Å². The topological polar surface area (TPSA) is 48.4 Å². The summed E-state index contributed by atoms with van der Waals surface area (Å²) in [5, 5.41) is 2.67. The van der Waals surface area contributed by atoms with Gasteiger partial charge in [-0.25, -0.2) is 9.78 Å². The molecule has 3 rings (SSSR count). The number of esters is 1. The lowest BCUT2D eigenvalue weighted by Gasteiger charge is -2.52. The molecule has 4 nitrogen and oxygen atoms in total. The van der Waals surface area contributed by atoms with Crippen LogP contribution in [0, 0.1) is 12.3 Å². The van der Waals surface area contributed by atoms with Crippen LogP contribution in [0.2, 0.25) is 0 Å². The Balaban J connectivity index is 1.67. The van der Waals surface area contributed by atoms with Crippen molar-refractivity contribution in [2.75, 3.05) is 6.61 Å². The second-order valence-corrected chi connectivity index (χ2v) is 6.83. The summed E-state index contributed by atoms with van der Waals surface area (Å²) < 4.78 is 11.6. The van der Waals surface area contributed by atoms with E-state index in [1.165, 1.54) is 24.2 Å². The normalized spacial score (nSPS) is 27.5. The second kappa shape index (κ2) is 5.45. The van der Waals surface area contributed by atoms with Gasteiger partial charge in [0.05, 0.1) is 11.1 Å². The van der Waals surface area contributed by atoms with Crippen molar-refractivity contribution in [2.45, 2.75) is 58.2 Å². The van der Waals surface area contributed by atoms with Crippen LogP contribution in [0.15, 0.2) is 5.38 Å². The molecule has 2 aliphatic rings. The van der Waals surface area contributed by atoms with E-state index >= 15 is 0 Å². The molecule has 0 unspecified atom stereocenters. The number of nitrogens with zero attached hydrogens (tertiary/aromatic N) is 1. The third-order valence-electron chi connectivity index (χ3n) is 4.69. The molecular formula is C15H21NO3S. The fourth-order valence-electron chi connectivity index (χ4n) is 3.64. The van der Waals surface area contributed by atoms with E-state index in [1.54, 1.807) is 5.38 Å². The van der Waals surface area contributed by atoms with Gasteiger partial charge in [-0.15, -0.1) is 11.3 Å². The number of hydrogen-bond acceptors (Lipinski definition) is 5. The summed E-state index contributed by atoms with van der Waals surface area (Å²) in [5.74, 6) is -0.277. The Hall–Kier alpha value is -0.940. The first-order valence-corrected chi connectivity index (χ1v) is 8.28. The highest BCUT2D eigenvalue weighted by Gasteiger charge is 2.58. The van der Waals surface area contributed by atoms with Crippen LogP contribution in [-0.4, -0.2) is 29.8 Å². The maximum Gasteiger partial charge on any atom is 0.358 e. The van der Waals surface area contributed by atoms with Gasteiger partial charge in [0.15, 0.2) is 5.69 Å². The van der Waals surface area contributed by atoms with E-state index in [9.17, 15) is 4.79 Å². The molecule has 0 saturated heterocycles. The highest BCUT2D eigenvalue weighted by Crippen LogP contribution is 2.56. The van der Waals surface area contributed by atoms with Crippen molar-refractivity contribution in [3.63, 3.8) is 0 Å². The first-order valence-electron chi connectivity index (χ1n) is 7.40. The molecule has 0 aromatic carbocycles. The first kappa shape index (κ1) is 14.0. The summed E-state index contributed by atoms with van der Waals surface area (Å²) >= 11 is 1.48. The van der Waals surface area contributed by atoms with Crippen molar-refractivity contribution in [3.8, 4) is 0 Å². The Morgan fingerprint density at radius 3 is 2.80 bits per heavy atom. The maximum atomic E-state index is 12.1. The van der Waals surface area contributed by atoms with Gasteiger partial charge >= 0.3 is 5.97 Å². The van der Waals surface area contributed by atoms with Gasteiger partial charge in [-0.2, -0.15) is 0 Å². The van der Waals surface area contributed by atoms with Gasteiger partial charge in [0, 0.05) is 23.8 Å². The molecule has 0 amide bonds. The Labute approximate surface area is 123 Å². The highest BCUT2D eigenvalue weighted by molar-refractivity contribution is 7.09. The zero-order chi connectivity index (χ0) is 14.2. The molecule has 1 aromatic heterocycles. The molecule has 2 aliphatic carbocycles. The van der Waals surface area contributed by atoms with Crippen molar-refractivity contribution in [1.29, 1.82) is 0 Å². The van der Waals surface area contributed by atoms with Gasteiger partial charge in [0.1, 0.15) is 6.10 Å². The standard InChI is InChI=1S/C15H21NO3S/c1-3-18-12-8-13(15(12)6-4-5-7-15)19-14(17)11-9-20-10(2)16-11/h9,12-13H,3-8H2,1-2H3/t12-,13-/m0/s1. The lowest BCUT2D eigenvalue weighted by Crippen LogP contribution is -2.58. The lowest BCUT2D eigenvalue weighted by atomic mass is 9.62. The first-order chi connectivity index (χ1) is 9.65. The Kier molecular flexibility index (Phi) is 3.82. The molecule has 110 valence electrons. The van der Waals surface area contributed by atoms with Crippen molar-refractivity contribution in [2.24, 2.45) is 5.41 Å². The van der Waals surface area contributed by atoms with Crippen LogP contribution in [0.1, 0.15) is 54.5 Å². The molecule has 20 heavy (non-hydrogen) atoms. The third kappa shape index (κ3) is 2.27. The number of ether oxygens (including phenoxy) is 2. The van der Waals surface area contributed by atoms with Crippen LogP contribution in [0.3, 0.4) is 0 Å². The Bertz CT molecular complexity index is 493. The van der Waals surface area contributed by atoms with Gasteiger partial charge in [-0.05, 0) is 26.7 Å². The minimum Gasteiger partial charge on any atom is -0.457 e. The van der Waals surface area contributed by atoms with Crippen LogP contribution < -0.4 is 0 Å². The fourth-order valence-corrected chi connectivity index (χ4v) is 4.22.